The van der Waals surface area contributed by atoms with Crippen LogP contribution in [-0.4, -0.2) is 57.6 Å². The molecule has 2 aliphatic heterocycles. The third-order valence-electron chi connectivity index (χ3n) is 5.23. The smallest absolute Gasteiger partial charge is 0.317 e. The van der Waals surface area contributed by atoms with Crippen LogP contribution in [0.25, 0.3) is 10.9 Å². The SMILES string of the molecule is CN1C(=O)N[C@@H]2CN(Cc3nc4ccccc4c(=O)n3C)CC[C@@H]21. The zero-order valence-corrected chi connectivity index (χ0v) is 13.9. The van der Waals surface area contributed by atoms with Gasteiger partial charge >= 0.3 is 6.03 Å². The number of likely N-dealkylation sites (tertiary alicyclic amines) is 1. The van der Waals surface area contributed by atoms with Crippen molar-refractivity contribution in [1.29, 1.82) is 0 Å². The number of nitrogens with one attached hydrogen (secondary N) is 1. The first kappa shape index (κ1) is 15.1. The molecule has 7 heteroatoms. The largest absolute Gasteiger partial charge is 0.332 e. The highest BCUT2D eigenvalue weighted by Crippen LogP contribution is 2.22. The normalized spacial score (nSPS) is 24.2. The first-order chi connectivity index (χ1) is 11.5. The van der Waals surface area contributed by atoms with E-state index in [0.29, 0.717) is 11.9 Å². The second kappa shape index (κ2) is 5.59. The van der Waals surface area contributed by atoms with E-state index in [2.05, 4.69) is 15.2 Å². The predicted octanol–water partition coefficient (Wildman–Crippen LogP) is 0.531. The number of para-hydroxylation sites is 1. The molecule has 1 aromatic carbocycles. The van der Waals surface area contributed by atoms with Crippen molar-refractivity contribution >= 4 is 16.9 Å². The van der Waals surface area contributed by atoms with Crippen LogP contribution < -0.4 is 10.9 Å². The lowest BCUT2D eigenvalue weighted by atomic mass is 10.0. The van der Waals surface area contributed by atoms with Crippen LogP contribution in [0.3, 0.4) is 0 Å². The third-order valence-corrected chi connectivity index (χ3v) is 5.23. The van der Waals surface area contributed by atoms with Crippen LogP contribution in [-0.2, 0) is 13.6 Å². The van der Waals surface area contributed by atoms with E-state index in [1.54, 1.807) is 16.5 Å². The molecule has 7 nitrogen and oxygen atoms in total. The fourth-order valence-electron chi connectivity index (χ4n) is 3.77. The Kier molecular flexibility index (Phi) is 3.53. The summed E-state index contributed by atoms with van der Waals surface area (Å²) >= 11 is 0. The summed E-state index contributed by atoms with van der Waals surface area (Å²) < 4.78 is 1.63. The summed E-state index contributed by atoms with van der Waals surface area (Å²) in [4.78, 5) is 33.0. The Morgan fingerprint density at radius 3 is 2.88 bits per heavy atom. The van der Waals surface area contributed by atoms with Gasteiger partial charge in [-0.25, -0.2) is 9.78 Å². The lowest BCUT2D eigenvalue weighted by Gasteiger charge is -2.35. The van der Waals surface area contributed by atoms with Crippen molar-refractivity contribution in [1.82, 2.24) is 24.7 Å². The standard InChI is InChI=1S/C17H21N5O2/c1-20-14-7-8-22(9-13(14)19-17(20)24)10-15-18-12-6-4-3-5-11(12)16(23)21(15)2/h3-6,13-14H,7-10H2,1-2H3,(H,19,24)/t13-,14+/m1/s1. The molecule has 2 atom stereocenters. The van der Waals surface area contributed by atoms with Gasteiger partial charge in [0.25, 0.3) is 5.56 Å². The number of carbonyl (C=O) groups is 1. The molecule has 2 aromatic rings. The second-order valence-electron chi connectivity index (χ2n) is 6.67. The van der Waals surface area contributed by atoms with Gasteiger partial charge in [0.15, 0.2) is 0 Å². The molecule has 0 aliphatic carbocycles. The summed E-state index contributed by atoms with van der Waals surface area (Å²) in [5.74, 6) is 0.759. The number of nitrogens with zero attached hydrogens (tertiary/aromatic N) is 4. The van der Waals surface area contributed by atoms with E-state index in [4.69, 9.17) is 0 Å². The van der Waals surface area contributed by atoms with Crippen molar-refractivity contribution in [3.8, 4) is 0 Å². The number of carbonyl (C=O) groups excluding carboxylic acids is 1. The van der Waals surface area contributed by atoms with Gasteiger partial charge in [0.2, 0.25) is 0 Å². The van der Waals surface area contributed by atoms with Crippen molar-refractivity contribution in [2.45, 2.75) is 25.0 Å². The van der Waals surface area contributed by atoms with Gasteiger partial charge in [0.1, 0.15) is 5.82 Å². The molecule has 2 fully saturated rings. The molecule has 126 valence electrons. The van der Waals surface area contributed by atoms with Crippen molar-refractivity contribution in [2.24, 2.45) is 7.05 Å². The summed E-state index contributed by atoms with van der Waals surface area (Å²) in [6.45, 7) is 2.28. The summed E-state index contributed by atoms with van der Waals surface area (Å²) in [7, 11) is 3.62. The van der Waals surface area contributed by atoms with E-state index < -0.39 is 0 Å². The minimum atomic E-state index is -0.0145. The molecule has 2 saturated heterocycles. The molecular formula is C17H21N5O2. The number of hydrogen-bond acceptors (Lipinski definition) is 4. The number of hydrogen-bond donors (Lipinski definition) is 1. The van der Waals surface area contributed by atoms with Gasteiger partial charge in [-0.05, 0) is 18.6 Å². The average molecular weight is 327 g/mol. The number of piperidine rings is 1. The van der Waals surface area contributed by atoms with Crippen molar-refractivity contribution in [3.63, 3.8) is 0 Å². The molecule has 0 spiro atoms. The zero-order chi connectivity index (χ0) is 16.8. The van der Waals surface area contributed by atoms with E-state index in [1.807, 2.05) is 31.3 Å². The Hall–Kier alpha value is -2.41. The fraction of sp³-hybridized carbons (Fsp3) is 0.471. The average Bonchev–Trinajstić information content (AvgIpc) is 2.86. The minimum Gasteiger partial charge on any atom is -0.332 e. The molecular weight excluding hydrogens is 306 g/mol. The molecule has 0 radical (unpaired) electrons. The molecule has 4 rings (SSSR count). The molecule has 0 bridgehead atoms. The first-order valence-electron chi connectivity index (χ1n) is 8.25. The zero-order valence-electron chi connectivity index (χ0n) is 13.9. The number of benzene rings is 1. The number of likely N-dealkylation sites (N-methyl/N-ethyl adjacent to an activating group) is 1. The lowest BCUT2D eigenvalue weighted by molar-refractivity contribution is 0.143. The maximum Gasteiger partial charge on any atom is 0.317 e. The van der Waals surface area contributed by atoms with E-state index in [0.717, 1.165) is 30.9 Å². The minimum absolute atomic E-state index is 0.00285. The molecule has 1 N–H and O–H groups in total. The van der Waals surface area contributed by atoms with Gasteiger partial charge in [-0.15, -0.1) is 0 Å². The number of urea groups is 1. The fourth-order valence-corrected chi connectivity index (χ4v) is 3.77. The van der Waals surface area contributed by atoms with Crippen LogP contribution in [0, 0.1) is 0 Å². The van der Waals surface area contributed by atoms with Gasteiger partial charge in [-0.1, -0.05) is 12.1 Å². The summed E-state index contributed by atoms with van der Waals surface area (Å²) in [6.07, 6.45) is 0.932. The van der Waals surface area contributed by atoms with Crippen LogP contribution in [0.4, 0.5) is 4.79 Å². The first-order valence-corrected chi connectivity index (χ1v) is 8.25. The number of fused-ring (bicyclic) bond motifs is 2. The van der Waals surface area contributed by atoms with Crippen molar-refractivity contribution < 1.29 is 4.79 Å². The van der Waals surface area contributed by atoms with Gasteiger partial charge < -0.3 is 10.2 Å². The summed E-state index contributed by atoms with van der Waals surface area (Å²) in [5, 5.41) is 3.68. The lowest BCUT2D eigenvalue weighted by Crippen LogP contribution is -2.50. The predicted molar refractivity (Wildman–Crippen MR) is 90.7 cm³/mol. The molecule has 24 heavy (non-hydrogen) atoms. The Morgan fingerprint density at radius 1 is 1.25 bits per heavy atom. The summed E-state index contributed by atoms with van der Waals surface area (Å²) in [6, 6.07) is 7.85. The van der Waals surface area contributed by atoms with Gasteiger partial charge in [0, 0.05) is 27.2 Å². The van der Waals surface area contributed by atoms with Gasteiger partial charge in [-0.2, -0.15) is 0 Å². The van der Waals surface area contributed by atoms with Crippen LogP contribution in [0.15, 0.2) is 29.1 Å². The van der Waals surface area contributed by atoms with E-state index in [9.17, 15) is 9.59 Å². The number of aromatic nitrogens is 2. The highest BCUT2D eigenvalue weighted by molar-refractivity contribution is 5.78. The summed E-state index contributed by atoms with van der Waals surface area (Å²) in [5.41, 5.74) is 0.721. The van der Waals surface area contributed by atoms with E-state index in [-0.39, 0.29) is 23.7 Å². The Morgan fingerprint density at radius 2 is 2.04 bits per heavy atom. The highest BCUT2D eigenvalue weighted by Gasteiger charge is 2.40. The number of rotatable bonds is 2. The van der Waals surface area contributed by atoms with Crippen molar-refractivity contribution in [3.05, 3.63) is 40.4 Å². The maximum atomic E-state index is 12.5. The third kappa shape index (κ3) is 2.36. The Bertz CT molecular complexity index is 862. The topological polar surface area (TPSA) is 70.5 Å². The van der Waals surface area contributed by atoms with Crippen molar-refractivity contribution in [2.75, 3.05) is 20.1 Å². The molecule has 3 heterocycles. The van der Waals surface area contributed by atoms with Crippen LogP contribution >= 0.6 is 0 Å². The molecule has 0 unspecified atom stereocenters. The van der Waals surface area contributed by atoms with Gasteiger partial charge in [-0.3, -0.25) is 14.3 Å². The van der Waals surface area contributed by atoms with E-state index in [1.165, 1.54) is 0 Å². The van der Waals surface area contributed by atoms with Crippen LogP contribution in [0.1, 0.15) is 12.2 Å². The number of amides is 2. The molecule has 2 amide bonds. The maximum absolute atomic E-state index is 12.5. The quantitative estimate of drug-likeness (QED) is 0.874. The Labute approximate surface area is 139 Å². The molecule has 0 saturated carbocycles. The molecule has 2 aliphatic rings. The highest BCUT2D eigenvalue weighted by atomic mass is 16.2. The Balaban J connectivity index is 1.58. The van der Waals surface area contributed by atoms with Crippen LogP contribution in [0.5, 0.6) is 0 Å². The molecule has 1 aromatic heterocycles. The van der Waals surface area contributed by atoms with Gasteiger partial charge in [0.05, 0.1) is 29.5 Å². The van der Waals surface area contributed by atoms with E-state index >= 15 is 0 Å². The van der Waals surface area contributed by atoms with Crippen LogP contribution in [0.2, 0.25) is 0 Å². The second-order valence-corrected chi connectivity index (χ2v) is 6.67. The monoisotopic (exact) mass is 327 g/mol.